The molecule has 0 radical (unpaired) electrons. The number of amides is 1. The summed E-state index contributed by atoms with van der Waals surface area (Å²) >= 11 is 0.269. The number of carbonyl (C=O) groups is 1. The first-order valence-corrected chi connectivity index (χ1v) is 6.61. The van der Waals surface area contributed by atoms with E-state index in [0.29, 0.717) is 11.4 Å². The van der Waals surface area contributed by atoms with Crippen molar-refractivity contribution in [3.8, 4) is 0 Å². The van der Waals surface area contributed by atoms with Gasteiger partial charge in [-0.05, 0) is 0 Å². The van der Waals surface area contributed by atoms with Crippen LogP contribution in [-0.2, 0) is 4.79 Å². The second-order valence-corrected chi connectivity index (χ2v) is 5.63. The molecule has 0 aromatic rings. The minimum atomic E-state index is 0.245. The van der Waals surface area contributed by atoms with Gasteiger partial charge in [-0.2, -0.15) is 0 Å². The molecule has 0 saturated carbocycles. The first-order valence-electron chi connectivity index (χ1n) is 4.55. The Hall–Kier alpha value is -0.341. The molecule has 3 nitrogen and oxygen atoms in total. The summed E-state index contributed by atoms with van der Waals surface area (Å²) in [6.45, 7) is 8.17. The first-order chi connectivity index (χ1) is 6.02. The van der Waals surface area contributed by atoms with Crippen molar-refractivity contribution in [1.29, 1.82) is 0 Å². The van der Waals surface area contributed by atoms with Gasteiger partial charge in [0.2, 0.25) is 0 Å². The number of amidine groups is 1. The molecule has 1 aliphatic heterocycles. The van der Waals surface area contributed by atoms with Crippen LogP contribution >= 0.6 is 0 Å². The Balaban J connectivity index is 2.81. The van der Waals surface area contributed by atoms with Crippen molar-refractivity contribution >= 4 is 25.6 Å². The van der Waals surface area contributed by atoms with E-state index in [0.717, 1.165) is 4.73 Å². The van der Waals surface area contributed by atoms with Crippen molar-refractivity contribution < 1.29 is 4.79 Å². The molecule has 74 valence electrons. The van der Waals surface area contributed by atoms with E-state index in [1.807, 2.05) is 32.6 Å². The molecule has 0 aliphatic carbocycles. The molecule has 1 fully saturated rings. The van der Waals surface area contributed by atoms with Gasteiger partial charge in [-0.3, -0.25) is 0 Å². The second-order valence-electron chi connectivity index (χ2n) is 3.65. The van der Waals surface area contributed by atoms with Gasteiger partial charge in [0.1, 0.15) is 0 Å². The third-order valence-corrected chi connectivity index (χ3v) is 3.68. The summed E-state index contributed by atoms with van der Waals surface area (Å²) in [5, 5.41) is 0.691. The van der Waals surface area contributed by atoms with E-state index in [4.69, 9.17) is 0 Å². The Morgan fingerprint density at radius 3 is 2.46 bits per heavy atom. The topological polar surface area (TPSA) is 32.7 Å². The van der Waals surface area contributed by atoms with Crippen molar-refractivity contribution in [2.75, 3.05) is 0 Å². The van der Waals surface area contributed by atoms with E-state index in [1.54, 1.807) is 0 Å². The van der Waals surface area contributed by atoms with Crippen molar-refractivity contribution in [1.82, 2.24) is 4.90 Å². The van der Waals surface area contributed by atoms with Crippen LogP contribution in [0.3, 0.4) is 0 Å². The van der Waals surface area contributed by atoms with Gasteiger partial charge in [0, 0.05) is 0 Å². The summed E-state index contributed by atoms with van der Waals surface area (Å²) in [6.07, 6.45) is 0. The molecule has 1 saturated heterocycles. The van der Waals surface area contributed by atoms with E-state index in [1.165, 1.54) is 0 Å². The van der Waals surface area contributed by atoms with Crippen molar-refractivity contribution in [3.63, 3.8) is 0 Å². The number of nitrogens with zero attached hydrogens (tertiary/aromatic N) is 2. The molecular weight excluding hydrogens is 231 g/mol. The number of hydrogen-bond donors (Lipinski definition) is 0. The molecular formula is C9H16N2OSe. The molecule has 1 rings (SSSR count). The maximum atomic E-state index is 11.5. The van der Waals surface area contributed by atoms with Crippen LogP contribution in [0.15, 0.2) is 4.99 Å². The quantitative estimate of drug-likeness (QED) is 0.673. The molecule has 13 heavy (non-hydrogen) atoms. The molecule has 4 heteroatoms. The van der Waals surface area contributed by atoms with Crippen molar-refractivity contribution in [2.24, 2.45) is 4.99 Å². The van der Waals surface area contributed by atoms with Gasteiger partial charge in [0.05, 0.1) is 0 Å². The van der Waals surface area contributed by atoms with Crippen LogP contribution in [0, 0.1) is 0 Å². The Bertz CT molecular complexity index is 236. The molecule has 0 aromatic carbocycles. The van der Waals surface area contributed by atoms with Gasteiger partial charge in [-0.1, -0.05) is 0 Å². The molecule has 1 heterocycles. The standard InChI is InChI=1S/C9H16N2OSe/c1-6(2)10-9-11(7(3)4)8(12)5-13-9/h6-7H,5H2,1-4H3/b10-9-. The third kappa shape index (κ3) is 2.55. The van der Waals surface area contributed by atoms with Crippen LogP contribution in [0.25, 0.3) is 0 Å². The van der Waals surface area contributed by atoms with Gasteiger partial charge in [0.25, 0.3) is 0 Å². The Morgan fingerprint density at radius 1 is 1.38 bits per heavy atom. The normalized spacial score (nSPS) is 21.2. The van der Waals surface area contributed by atoms with Gasteiger partial charge < -0.3 is 0 Å². The number of rotatable bonds is 2. The van der Waals surface area contributed by atoms with Crippen LogP contribution in [0.4, 0.5) is 0 Å². The van der Waals surface area contributed by atoms with E-state index >= 15 is 0 Å². The van der Waals surface area contributed by atoms with E-state index in [2.05, 4.69) is 4.99 Å². The predicted octanol–water partition coefficient (Wildman–Crippen LogP) is 1.12. The molecule has 1 amide bonds. The van der Waals surface area contributed by atoms with Crippen LogP contribution < -0.4 is 0 Å². The fourth-order valence-electron chi connectivity index (χ4n) is 1.20. The van der Waals surface area contributed by atoms with Gasteiger partial charge >= 0.3 is 85.4 Å². The molecule has 0 N–H and O–H groups in total. The summed E-state index contributed by atoms with van der Waals surface area (Å²) in [6, 6.07) is 0.554. The first kappa shape index (κ1) is 10.7. The average Bonchev–Trinajstić information content (AvgIpc) is 2.30. The summed E-state index contributed by atoms with van der Waals surface area (Å²) in [7, 11) is 0. The Morgan fingerprint density at radius 2 is 2.00 bits per heavy atom. The number of aliphatic imine (C=N–C) groups is 1. The monoisotopic (exact) mass is 248 g/mol. The summed E-state index contributed by atoms with van der Waals surface area (Å²) < 4.78 is 1.03. The Kier molecular flexibility index (Phi) is 3.51. The molecule has 0 spiro atoms. The maximum absolute atomic E-state index is 11.5. The van der Waals surface area contributed by atoms with E-state index < -0.39 is 0 Å². The number of hydrogen-bond acceptors (Lipinski definition) is 2. The van der Waals surface area contributed by atoms with E-state index in [-0.39, 0.29) is 26.9 Å². The van der Waals surface area contributed by atoms with Crippen LogP contribution in [0.2, 0.25) is 5.32 Å². The van der Waals surface area contributed by atoms with E-state index in [9.17, 15) is 4.79 Å². The van der Waals surface area contributed by atoms with Crippen LogP contribution in [-0.4, -0.2) is 42.6 Å². The SMILES string of the molecule is CC(C)/N=C1\[Se]CC(=O)N1C(C)C. The molecule has 0 aromatic heterocycles. The fourth-order valence-corrected chi connectivity index (χ4v) is 3.57. The Labute approximate surface area is 85.8 Å². The summed E-state index contributed by atoms with van der Waals surface area (Å²) in [4.78, 5) is 17.8. The van der Waals surface area contributed by atoms with Gasteiger partial charge in [0.15, 0.2) is 0 Å². The predicted molar refractivity (Wildman–Crippen MR) is 55.1 cm³/mol. The van der Waals surface area contributed by atoms with Crippen LogP contribution in [0.1, 0.15) is 27.7 Å². The van der Waals surface area contributed by atoms with Gasteiger partial charge in [-0.25, -0.2) is 0 Å². The zero-order valence-corrected chi connectivity index (χ0v) is 10.3. The fraction of sp³-hybridized carbons (Fsp3) is 0.778. The zero-order chi connectivity index (χ0) is 10.0. The van der Waals surface area contributed by atoms with Crippen LogP contribution in [0.5, 0.6) is 0 Å². The number of carbonyl (C=O) groups excluding carboxylic acids is 1. The second kappa shape index (κ2) is 4.25. The average molecular weight is 247 g/mol. The summed E-state index contributed by atoms with van der Waals surface area (Å²) in [5.41, 5.74) is 0. The minimum absolute atomic E-state index is 0.245. The molecule has 0 atom stereocenters. The molecule has 1 aliphatic rings. The zero-order valence-electron chi connectivity index (χ0n) is 8.57. The van der Waals surface area contributed by atoms with Crippen molar-refractivity contribution in [2.45, 2.75) is 45.1 Å². The molecule has 0 bridgehead atoms. The third-order valence-electron chi connectivity index (χ3n) is 1.68. The summed E-state index contributed by atoms with van der Waals surface area (Å²) in [5.74, 6) is 0.245. The van der Waals surface area contributed by atoms with Crippen molar-refractivity contribution in [3.05, 3.63) is 0 Å². The van der Waals surface area contributed by atoms with Gasteiger partial charge in [-0.15, -0.1) is 0 Å². The molecule has 0 unspecified atom stereocenters.